The summed E-state index contributed by atoms with van der Waals surface area (Å²) in [7, 11) is 0. The van der Waals surface area contributed by atoms with E-state index in [9.17, 15) is 4.79 Å². The number of carbonyl (C=O) groups is 1. The number of aryl methyl sites for hydroxylation is 1. The normalized spacial score (nSPS) is 13.8. The first-order valence-electron chi connectivity index (χ1n) is 9.03. The van der Waals surface area contributed by atoms with Gasteiger partial charge in [0.05, 0.1) is 23.8 Å². The fourth-order valence-electron chi connectivity index (χ4n) is 3.34. The van der Waals surface area contributed by atoms with Crippen molar-refractivity contribution in [3.63, 3.8) is 0 Å². The Morgan fingerprint density at radius 2 is 1.96 bits per heavy atom. The predicted octanol–water partition coefficient (Wildman–Crippen LogP) is 4.40. The first-order chi connectivity index (χ1) is 13.7. The number of ketones is 1. The first kappa shape index (κ1) is 17.7. The average molecular weight is 370 g/mol. The molecule has 2 heterocycles. The lowest BCUT2D eigenvalue weighted by Crippen LogP contribution is -2.16. The number of benzene rings is 2. The van der Waals surface area contributed by atoms with Crippen LogP contribution in [0.1, 0.15) is 45.1 Å². The topological polar surface area (TPSA) is 72.2 Å². The van der Waals surface area contributed by atoms with Crippen molar-refractivity contribution >= 4 is 5.78 Å². The van der Waals surface area contributed by atoms with Gasteiger partial charge < -0.3 is 9.47 Å². The van der Waals surface area contributed by atoms with Gasteiger partial charge in [0.1, 0.15) is 17.6 Å². The van der Waals surface area contributed by atoms with Gasteiger partial charge in [-0.05, 0) is 60.0 Å². The van der Waals surface area contributed by atoms with Gasteiger partial charge >= 0.3 is 0 Å². The van der Waals surface area contributed by atoms with E-state index >= 15 is 0 Å². The van der Waals surface area contributed by atoms with Crippen molar-refractivity contribution in [1.82, 2.24) is 4.98 Å². The maximum Gasteiger partial charge on any atom is 0.169 e. The van der Waals surface area contributed by atoms with Crippen LogP contribution in [0.2, 0.25) is 0 Å². The van der Waals surface area contributed by atoms with Gasteiger partial charge in [0.2, 0.25) is 0 Å². The van der Waals surface area contributed by atoms with Gasteiger partial charge in [-0.15, -0.1) is 0 Å². The molecule has 0 N–H and O–H groups in total. The van der Waals surface area contributed by atoms with Crippen molar-refractivity contribution < 1.29 is 14.3 Å². The first-order valence-corrected chi connectivity index (χ1v) is 9.03. The van der Waals surface area contributed by atoms with Crippen LogP contribution in [0, 0.1) is 18.3 Å². The molecule has 0 saturated carbocycles. The van der Waals surface area contributed by atoms with E-state index in [1.165, 1.54) is 0 Å². The molecule has 28 heavy (non-hydrogen) atoms. The number of carbonyl (C=O) groups excluding carboxylic acids is 1. The summed E-state index contributed by atoms with van der Waals surface area (Å²) < 4.78 is 12.0. The summed E-state index contributed by atoms with van der Waals surface area (Å²) in [6.45, 7) is 2.35. The molecule has 1 aliphatic heterocycles. The van der Waals surface area contributed by atoms with Crippen LogP contribution in [-0.2, 0) is 0 Å². The second-order valence-electron chi connectivity index (χ2n) is 6.64. The minimum absolute atomic E-state index is 0.0846. The van der Waals surface area contributed by atoms with Gasteiger partial charge in [0.25, 0.3) is 0 Å². The monoisotopic (exact) mass is 370 g/mol. The Morgan fingerprint density at radius 1 is 1.14 bits per heavy atom. The van der Waals surface area contributed by atoms with Crippen molar-refractivity contribution in [3.05, 3.63) is 88.7 Å². The Morgan fingerprint density at radius 3 is 2.71 bits per heavy atom. The van der Waals surface area contributed by atoms with E-state index in [0.717, 1.165) is 16.7 Å². The van der Waals surface area contributed by atoms with Gasteiger partial charge in [-0.3, -0.25) is 9.78 Å². The number of aromatic nitrogens is 1. The largest absolute Gasteiger partial charge is 0.492 e. The van der Waals surface area contributed by atoms with Gasteiger partial charge in [0, 0.05) is 24.9 Å². The highest BCUT2D eigenvalue weighted by Gasteiger charge is 2.22. The molecule has 5 nitrogen and oxygen atoms in total. The van der Waals surface area contributed by atoms with Crippen LogP contribution >= 0.6 is 0 Å². The van der Waals surface area contributed by atoms with E-state index in [4.69, 9.17) is 14.7 Å². The third-order valence-electron chi connectivity index (χ3n) is 4.78. The zero-order valence-electron chi connectivity index (χ0n) is 15.4. The number of nitriles is 1. The van der Waals surface area contributed by atoms with Crippen molar-refractivity contribution in [2.45, 2.75) is 19.4 Å². The molecule has 1 atom stereocenters. The van der Waals surface area contributed by atoms with Crippen LogP contribution in [0.4, 0.5) is 0 Å². The molecule has 138 valence electrons. The number of ether oxygens (including phenoxy) is 2. The lowest BCUT2D eigenvalue weighted by Gasteiger charge is -2.23. The molecule has 0 bridgehead atoms. The Kier molecular flexibility index (Phi) is 4.77. The van der Waals surface area contributed by atoms with Crippen LogP contribution in [-0.4, -0.2) is 17.4 Å². The fourth-order valence-corrected chi connectivity index (χ4v) is 3.34. The molecule has 1 aliphatic rings. The van der Waals surface area contributed by atoms with Crippen LogP contribution < -0.4 is 9.47 Å². The lowest BCUT2D eigenvalue weighted by molar-refractivity contribution is 0.0933. The number of pyridine rings is 1. The molecular formula is C23H18N2O3. The highest BCUT2D eigenvalue weighted by Crippen LogP contribution is 2.34. The zero-order chi connectivity index (χ0) is 19.5. The number of rotatable bonds is 4. The molecule has 0 radical (unpaired) electrons. The van der Waals surface area contributed by atoms with E-state index in [1.54, 1.807) is 36.7 Å². The predicted molar refractivity (Wildman–Crippen MR) is 103 cm³/mol. The van der Waals surface area contributed by atoms with Crippen LogP contribution in [0.5, 0.6) is 11.5 Å². The highest BCUT2D eigenvalue weighted by molar-refractivity contribution is 5.99. The minimum Gasteiger partial charge on any atom is -0.492 e. The SMILES string of the molecule is Cc1cc(C#N)ccc1[C@H](Oc1ccc2c(c1)OCCC2=O)c1ccncc1. The smallest absolute Gasteiger partial charge is 0.169 e. The molecule has 5 heteroatoms. The minimum atomic E-state index is -0.381. The second-order valence-corrected chi connectivity index (χ2v) is 6.64. The Hall–Kier alpha value is -3.65. The summed E-state index contributed by atoms with van der Waals surface area (Å²) in [6.07, 6.45) is 3.46. The lowest BCUT2D eigenvalue weighted by atomic mass is 9.96. The van der Waals surface area contributed by atoms with E-state index in [2.05, 4.69) is 11.1 Å². The van der Waals surface area contributed by atoms with E-state index in [0.29, 0.717) is 35.7 Å². The summed E-state index contributed by atoms with van der Waals surface area (Å²) in [6, 6.07) is 16.8. The Bertz CT molecular complexity index is 1070. The van der Waals surface area contributed by atoms with Crippen LogP contribution in [0.15, 0.2) is 60.9 Å². The maximum atomic E-state index is 12.0. The molecule has 0 amide bonds. The third kappa shape index (κ3) is 3.45. The summed E-state index contributed by atoms with van der Waals surface area (Å²) in [5.41, 5.74) is 4.06. The summed E-state index contributed by atoms with van der Waals surface area (Å²) >= 11 is 0. The molecule has 2 aromatic carbocycles. The van der Waals surface area contributed by atoms with Gasteiger partial charge in [0.15, 0.2) is 5.78 Å². The molecule has 4 rings (SSSR count). The summed E-state index contributed by atoms with van der Waals surface area (Å²) in [4.78, 5) is 16.1. The van der Waals surface area contributed by atoms with E-state index < -0.39 is 0 Å². The standard InChI is InChI=1S/C23H18N2O3/c1-15-12-16(14-24)2-4-19(15)23(17-6-9-25-10-7-17)28-18-3-5-20-21(26)8-11-27-22(20)13-18/h2-7,9-10,12-13,23H,8,11H2,1H3/t23-/m1/s1. The second kappa shape index (κ2) is 7.53. The molecule has 0 fully saturated rings. The number of fused-ring (bicyclic) bond motifs is 1. The highest BCUT2D eigenvalue weighted by atomic mass is 16.5. The molecule has 1 aromatic heterocycles. The van der Waals surface area contributed by atoms with E-state index in [-0.39, 0.29) is 11.9 Å². The fraction of sp³-hybridized carbons (Fsp3) is 0.174. The summed E-state index contributed by atoms with van der Waals surface area (Å²) in [5.74, 6) is 1.25. The Balaban J connectivity index is 1.73. The zero-order valence-corrected chi connectivity index (χ0v) is 15.4. The van der Waals surface area contributed by atoms with Gasteiger partial charge in [-0.2, -0.15) is 5.26 Å². The van der Waals surface area contributed by atoms with Crippen molar-refractivity contribution in [1.29, 1.82) is 5.26 Å². The van der Waals surface area contributed by atoms with Gasteiger partial charge in [-0.25, -0.2) is 0 Å². The molecule has 3 aromatic rings. The molecule has 0 spiro atoms. The number of Topliss-reactive ketones (excluding diaryl/α,β-unsaturated/α-hetero) is 1. The van der Waals surface area contributed by atoms with Crippen molar-refractivity contribution in [2.75, 3.05) is 6.61 Å². The molecule has 0 unspecified atom stereocenters. The molecule has 0 saturated heterocycles. The molecular weight excluding hydrogens is 352 g/mol. The number of hydrogen-bond donors (Lipinski definition) is 0. The average Bonchev–Trinajstić information content (AvgIpc) is 2.73. The maximum absolute atomic E-state index is 12.0. The van der Waals surface area contributed by atoms with Crippen molar-refractivity contribution in [2.24, 2.45) is 0 Å². The third-order valence-corrected chi connectivity index (χ3v) is 4.78. The summed E-state index contributed by atoms with van der Waals surface area (Å²) in [5, 5.41) is 9.15. The molecule has 0 aliphatic carbocycles. The Labute approximate surface area is 163 Å². The van der Waals surface area contributed by atoms with Crippen LogP contribution in [0.25, 0.3) is 0 Å². The van der Waals surface area contributed by atoms with Crippen molar-refractivity contribution in [3.8, 4) is 17.6 Å². The van der Waals surface area contributed by atoms with Gasteiger partial charge in [-0.1, -0.05) is 6.07 Å². The number of hydrogen-bond acceptors (Lipinski definition) is 5. The van der Waals surface area contributed by atoms with Crippen LogP contribution in [0.3, 0.4) is 0 Å². The quantitative estimate of drug-likeness (QED) is 0.681. The van der Waals surface area contributed by atoms with E-state index in [1.807, 2.05) is 31.2 Å². The number of nitrogens with zero attached hydrogens (tertiary/aromatic N) is 2.